The van der Waals surface area contributed by atoms with Gasteiger partial charge in [0.15, 0.2) is 0 Å². The zero-order valence-corrected chi connectivity index (χ0v) is 12.5. The van der Waals surface area contributed by atoms with Crippen molar-refractivity contribution < 1.29 is 4.79 Å². The van der Waals surface area contributed by atoms with Crippen LogP contribution in [0.4, 0.5) is 0 Å². The van der Waals surface area contributed by atoms with Crippen LogP contribution in [0.5, 0.6) is 0 Å². The van der Waals surface area contributed by atoms with Gasteiger partial charge in [-0.25, -0.2) is 4.98 Å². The topological polar surface area (TPSA) is 51.0 Å². The van der Waals surface area contributed by atoms with E-state index < -0.39 is 0 Å². The maximum absolute atomic E-state index is 12.5. The lowest BCUT2D eigenvalue weighted by molar-refractivity contribution is 0.0757. The monoisotopic (exact) mass is 284 g/mol. The van der Waals surface area contributed by atoms with E-state index in [2.05, 4.69) is 14.5 Å². The Morgan fingerprint density at radius 3 is 3.10 bits per heavy atom. The van der Waals surface area contributed by atoms with E-state index in [1.165, 1.54) is 0 Å². The van der Waals surface area contributed by atoms with Crippen LogP contribution in [-0.2, 0) is 13.0 Å². The smallest absolute Gasteiger partial charge is 0.272 e. The molecule has 21 heavy (non-hydrogen) atoms. The molecule has 0 N–H and O–H groups in total. The van der Waals surface area contributed by atoms with Crippen molar-refractivity contribution in [2.45, 2.75) is 26.3 Å². The van der Waals surface area contributed by atoms with Gasteiger partial charge in [-0.05, 0) is 30.9 Å². The van der Waals surface area contributed by atoms with Gasteiger partial charge in [-0.2, -0.15) is 0 Å². The quantitative estimate of drug-likeness (QED) is 0.865. The average molecular weight is 284 g/mol. The van der Waals surface area contributed by atoms with E-state index in [0.29, 0.717) is 11.6 Å². The van der Waals surface area contributed by atoms with Gasteiger partial charge >= 0.3 is 0 Å². The summed E-state index contributed by atoms with van der Waals surface area (Å²) in [4.78, 5) is 22.9. The number of hydrogen-bond donors (Lipinski definition) is 0. The highest BCUT2D eigenvalue weighted by Crippen LogP contribution is 2.20. The first kappa shape index (κ1) is 13.8. The molecule has 2 aromatic heterocycles. The number of pyridine rings is 1. The number of aryl methyl sites for hydroxylation is 2. The maximum atomic E-state index is 12.5. The highest BCUT2D eigenvalue weighted by Gasteiger charge is 2.23. The van der Waals surface area contributed by atoms with Crippen molar-refractivity contribution in [2.24, 2.45) is 5.92 Å². The first-order valence-electron chi connectivity index (χ1n) is 7.32. The molecule has 2 aromatic rings. The van der Waals surface area contributed by atoms with E-state index in [1.54, 1.807) is 11.1 Å². The van der Waals surface area contributed by atoms with E-state index >= 15 is 0 Å². The minimum atomic E-state index is 0.00187. The minimum Gasteiger partial charge on any atom is -0.340 e. The summed E-state index contributed by atoms with van der Waals surface area (Å²) in [5.41, 5.74) is 1.48. The van der Waals surface area contributed by atoms with Crippen LogP contribution in [-0.4, -0.2) is 38.9 Å². The van der Waals surface area contributed by atoms with Gasteiger partial charge in [0.2, 0.25) is 0 Å². The Bertz CT molecular complexity index is 649. The highest BCUT2D eigenvalue weighted by atomic mass is 16.2. The molecule has 1 amide bonds. The number of nitrogens with zero attached hydrogens (tertiary/aromatic N) is 4. The van der Waals surface area contributed by atoms with Gasteiger partial charge in [0.05, 0.1) is 0 Å². The molecule has 0 unspecified atom stereocenters. The maximum Gasteiger partial charge on any atom is 0.272 e. The van der Waals surface area contributed by atoms with Crippen LogP contribution in [0.2, 0.25) is 0 Å². The third-order valence-electron chi connectivity index (χ3n) is 4.14. The molecular weight excluding hydrogens is 264 g/mol. The van der Waals surface area contributed by atoms with Gasteiger partial charge in [-0.15, -0.1) is 0 Å². The number of carbonyl (C=O) groups is 1. The summed E-state index contributed by atoms with van der Waals surface area (Å²) in [6.07, 6.45) is 7.57. The standard InChI is InChI=1S/C16H20N4O/c1-12-4-3-6-18-15(12)16(21)19(2)11-13-5-8-20-9-7-17-14(20)10-13/h3-4,6-7,9,13H,5,8,10-11H2,1-2H3/t13-/m1/s1. The fourth-order valence-electron chi connectivity index (χ4n) is 2.93. The van der Waals surface area contributed by atoms with Crippen molar-refractivity contribution in [3.63, 3.8) is 0 Å². The molecule has 0 saturated carbocycles. The number of rotatable bonds is 3. The minimum absolute atomic E-state index is 0.00187. The molecule has 0 aromatic carbocycles. The van der Waals surface area contributed by atoms with Crippen molar-refractivity contribution in [1.29, 1.82) is 0 Å². The average Bonchev–Trinajstić information content (AvgIpc) is 2.94. The molecule has 5 heteroatoms. The molecule has 110 valence electrons. The van der Waals surface area contributed by atoms with E-state index in [4.69, 9.17) is 0 Å². The van der Waals surface area contributed by atoms with Crippen LogP contribution in [0.15, 0.2) is 30.7 Å². The van der Waals surface area contributed by atoms with E-state index in [-0.39, 0.29) is 5.91 Å². The van der Waals surface area contributed by atoms with Crippen LogP contribution in [0.1, 0.15) is 28.3 Å². The van der Waals surface area contributed by atoms with Gasteiger partial charge < -0.3 is 9.47 Å². The Kier molecular flexibility index (Phi) is 3.73. The van der Waals surface area contributed by atoms with Crippen molar-refractivity contribution in [2.75, 3.05) is 13.6 Å². The summed E-state index contributed by atoms with van der Waals surface area (Å²) < 4.78 is 2.20. The lowest BCUT2D eigenvalue weighted by Crippen LogP contribution is -2.35. The molecule has 0 spiro atoms. The lowest BCUT2D eigenvalue weighted by atomic mass is 9.97. The van der Waals surface area contributed by atoms with Gasteiger partial charge in [-0.1, -0.05) is 6.07 Å². The number of carbonyl (C=O) groups excluding carboxylic acids is 1. The zero-order chi connectivity index (χ0) is 14.8. The van der Waals surface area contributed by atoms with Gasteiger partial charge in [0.1, 0.15) is 11.5 Å². The summed E-state index contributed by atoms with van der Waals surface area (Å²) in [5, 5.41) is 0. The summed E-state index contributed by atoms with van der Waals surface area (Å²) in [6, 6.07) is 3.78. The summed E-state index contributed by atoms with van der Waals surface area (Å²) in [7, 11) is 1.86. The van der Waals surface area contributed by atoms with Gasteiger partial charge in [0, 0.05) is 45.1 Å². The molecule has 3 rings (SSSR count). The molecule has 1 aliphatic heterocycles. The van der Waals surface area contributed by atoms with E-state index in [0.717, 1.165) is 37.3 Å². The second-order valence-corrected chi connectivity index (χ2v) is 5.75. The molecule has 0 fully saturated rings. The Morgan fingerprint density at radius 2 is 2.29 bits per heavy atom. The third kappa shape index (κ3) is 2.82. The molecule has 3 heterocycles. The highest BCUT2D eigenvalue weighted by molar-refractivity contribution is 5.93. The fraction of sp³-hybridized carbons (Fsp3) is 0.438. The van der Waals surface area contributed by atoms with Crippen LogP contribution in [0, 0.1) is 12.8 Å². The number of hydrogen-bond acceptors (Lipinski definition) is 3. The van der Waals surface area contributed by atoms with Crippen molar-refractivity contribution in [1.82, 2.24) is 19.4 Å². The van der Waals surface area contributed by atoms with E-state index in [1.807, 2.05) is 38.5 Å². The van der Waals surface area contributed by atoms with Crippen molar-refractivity contribution >= 4 is 5.91 Å². The zero-order valence-electron chi connectivity index (χ0n) is 12.5. The normalized spacial score (nSPS) is 17.3. The Hall–Kier alpha value is -2.17. The van der Waals surface area contributed by atoms with Crippen LogP contribution >= 0.6 is 0 Å². The van der Waals surface area contributed by atoms with Gasteiger partial charge in [0.25, 0.3) is 5.91 Å². The summed E-state index contributed by atoms with van der Waals surface area (Å²) in [6.45, 7) is 3.66. The van der Waals surface area contributed by atoms with E-state index in [9.17, 15) is 4.79 Å². The molecule has 1 atom stereocenters. The Morgan fingerprint density at radius 1 is 1.43 bits per heavy atom. The Labute approximate surface area is 124 Å². The van der Waals surface area contributed by atoms with Crippen molar-refractivity contribution in [3.8, 4) is 0 Å². The molecular formula is C16H20N4O. The number of fused-ring (bicyclic) bond motifs is 1. The number of amides is 1. The fourth-order valence-corrected chi connectivity index (χ4v) is 2.93. The molecule has 0 bridgehead atoms. The first-order chi connectivity index (χ1) is 10.1. The predicted octanol–water partition coefficient (Wildman–Crippen LogP) is 1.92. The Balaban J connectivity index is 1.66. The first-order valence-corrected chi connectivity index (χ1v) is 7.32. The second kappa shape index (κ2) is 5.68. The van der Waals surface area contributed by atoms with Crippen molar-refractivity contribution in [3.05, 3.63) is 47.8 Å². The molecule has 5 nitrogen and oxygen atoms in total. The number of aromatic nitrogens is 3. The summed E-state index contributed by atoms with van der Waals surface area (Å²) in [5.74, 6) is 1.60. The molecule has 0 radical (unpaired) electrons. The largest absolute Gasteiger partial charge is 0.340 e. The predicted molar refractivity (Wildman–Crippen MR) is 80.0 cm³/mol. The van der Waals surface area contributed by atoms with Gasteiger partial charge in [-0.3, -0.25) is 9.78 Å². The summed E-state index contributed by atoms with van der Waals surface area (Å²) >= 11 is 0. The van der Waals surface area contributed by atoms with Crippen LogP contribution < -0.4 is 0 Å². The molecule has 0 aliphatic carbocycles. The number of imidazole rings is 1. The molecule has 1 aliphatic rings. The SMILES string of the molecule is Cc1cccnc1C(=O)N(C)C[C@@H]1CCn2ccnc2C1. The van der Waals surface area contributed by atoms with Crippen LogP contribution in [0.25, 0.3) is 0 Å². The lowest BCUT2D eigenvalue weighted by Gasteiger charge is -2.27. The molecule has 0 saturated heterocycles. The van der Waals surface area contributed by atoms with Crippen LogP contribution in [0.3, 0.4) is 0 Å². The second-order valence-electron chi connectivity index (χ2n) is 5.75. The third-order valence-corrected chi connectivity index (χ3v) is 4.14.